The van der Waals surface area contributed by atoms with E-state index in [-0.39, 0.29) is 44.9 Å². The van der Waals surface area contributed by atoms with Crippen molar-refractivity contribution < 1.29 is 52.9 Å². The summed E-state index contributed by atoms with van der Waals surface area (Å²) in [5.74, 6) is -2.93. The Balaban J connectivity index is 1.25. The largest absolute Gasteiger partial charge is 0.460 e. The molecule has 1 saturated carbocycles. The lowest BCUT2D eigenvalue weighted by molar-refractivity contribution is -0.224. The highest BCUT2D eigenvalue weighted by Gasteiger charge is 2.76. The standard InChI is InChI=1S/C49H68N4O11/c1-8-10-12-24-48(25-13-11-9-2)62-40-37-28-49(46(59)50-29-33-17-15-19-35(27-33)44(57)51-36(31-54)21-23-39(56)61-47(3,4)5)42(45(58)60-37)53(64-43(49)41(40)63-48)30-34-18-14-16-32(26-34)20-22-38(55)52(6)7/h14-20,22,26-27,36-37,40-43,54H,8-13,21,23-25,28-31H2,1-7H3,(H,50,59)(H,51,57)/t36-,37?,40-,41-,42-,43+,49?/m0/s1. The molecule has 0 aromatic heterocycles. The summed E-state index contributed by atoms with van der Waals surface area (Å²) >= 11 is 0. The Kier molecular flexibility index (Phi) is 16.1. The van der Waals surface area contributed by atoms with E-state index in [0.717, 1.165) is 49.7 Å². The molecule has 3 heterocycles. The molecule has 2 bridgehead atoms. The van der Waals surface area contributed by atoms with Crippen LogP contribution in [0.2, 0.25) is 0 Å². The van der Waals surface area contributed by atoms with E-state index < -0.39 is 77.1 Å². The molecule has 3 saturated heterocycles. The fraction of sp³-hybridized carbons (Fsp3) is 0.612. The van der Waals surface area contributed by atoms with Crippen molar-refractivity contribution in [3.05, 3.63) is 76.9 Å². The van der Waals surface area contributed by atoms with E-state index in [1.54, 1.807) is 70.3 Å². The zero-order chi connectivity index (χ0) is 46.2. The van der Waals surface area contributed by atoms with Crippen LogP contribution in [0, 0.1) is 5.41 Å². The Morgan fingerprint density at radius 1 is 0.969 bits per heavy atom. The van der Waals surface area contributed by atoms with Crippen LogP contribution in [0.3, 0.4) is 0 Å². The zero-order valence-corrected chi connectivity index (χ0v) is 38.6. The minimum Gasteiger partial charge on any atom is -0.460 e. The molecular weight excluding hydrogens is 821 g/mol. The highest BCUT2D eigenvalue weighted by molar-refractivity contribution is 5.95. The third-order valence-corrected chi connectivity index (χ3v) is 12.5. The molecule has 350 valence electrons. The first-order chi connectivity index (χ1) is 30.5. The minimum atomic E-state index is -1.42. The average molecular weight is 889 g/mol. The Morgan fingerprint density at radius 3 is 2.33 bits per heavy atom. The summed E-state index contributed by atoms with van der Waals surface area (Å²) < 4.78 is 25.5. The van der Waals surface area contributed by atoms with E-state index in [9.17, 15) is 24.3 Å². The lowest BCUT2D eigenvalue weighted by Crippen LogP contribution is -2.69. The van der Waals surface area contributed by atoms with Crippen LogP contribution in [0.4, 0.5) is 0 Å². The number of aliphatic hydroxyl groups is 1. The summed E-state index contributed by atoms with van der Waals surface area (Å²) in [6.45, 7) is 9.42. The van der Waals surface area contributed by atoms with Crippen molar-refractivity contribution in [1.29, 1.82) is 0 Å². The number of nitrogens with zero attached hydrogens (tertiary/aromatic N) is 2. The summed E-state index contributed by atoms with van der Waals surface area (Å²) in [7, 11) is 3.36. The summed E-state index contributed by atoms with van der Waals surface area (Å²) in [5.41, 5.74) is 0.443. The number of fused-ring (bicyclic) bond motifs is 4. The molecule has 0 spiro atoms. The van der Waals surface area contributed by atoms with Crippen molar-refractivity contribution in [3.8, 4) is 0 Å². The number of hydrogen-bond donors (Lipinski definition) is 3. The predicted molar refractivity (Wildman–Crippen MR) is 238 cm³/mol. The molecule has 15 heteroatoms. The van der Waals surface area contributed by atoms with E-state index >= 15 is 4.79 Å². The lowest BCUT2D eigenvalue weighted by Gasteiger charge is -2.48. The maximum atomic E-state index is 15.0. The second kappa shape index (κ2) is 21.1. The third kappa shape index (κ3) is 11.4. The molecule has 1 aliphatic carbocycles. The number of benzene rings is 2. The predicted octanol–water partition coefficient (Wildman–Crippen LogP) is 5.76. The second-order valence-corrected chi connectivity index (χ2v) is 18.9. The highest BCUT2D eigenvalue weighted by Crippen LogP contribution is 2.58. The molecule has 6 rings (SSSR count). The topological polar surface area (TPSA) is 182 Å². The van der Waals surface area contributed by atoms with Gasteiger partial charge in [0.2, 0.25) is 11.8 Å². The van der Waals surface area contributed by atoms with Crippen LogP contribution in [-0.2, 0) is 56.1 Å². The normalized spacial score (nSPS) is 25.1. The molecule has 2 aromatic carbocycles. The first-order valence-corrected chi connectivity index (χ1v) is 23.0. The van der Waals surface area contributed by atoms with Crippen LogP contribution >= 0.6 is 0 Å². The van der Waals surface area contributed by atoms with Crippen molar-refractivity contribution in [2.75, 3.05) is 20.7 Å². The zero-order valence-electron chi connectivity index (χ0n) is 38.6. The van der Waals surface area contributed by atoms with Crippen LogP contribution in [0.5, 0.6) is 0 Å². The molecule has 15 nitrogen and oxygen atoms in total. The van der Waals surface area contributed by atoms with Gasteiger partial charge in [0.25, 0.3) is 5.91 Å². The van der Waals surface area contributed by atoms with Gasteiger partial charge in [-0.25, -0.2) is 0 Å². The van der Waals surface area contributed by atoms with Crippen LogP contribution in [0.25, 0.3) is 6.08 Å². The number of carbonyl (C=O) groups is 5. The van der Waals surface area contributed by atoms with Crippen LogP contribution in [0.15, 0.2) is 54.6 Å². The molecule has 3 aliphatic heterocycles. The minimum absolute atomic E-state index is 0.0224. The van der Waals surface area contributed by atoms with E-state index in [4.69, 9.17) is 23.8 Å². The monoisotopic (exact) mass is 888 g/mol. The second-order valence-electron chi connectivity index (χ2n) is 18.9. The maximum absolute atomic E-state index is 15.0. The van der Waals surface area contributed by atoms with E-state index in [0.29, 0.717) is 24.0 Å². The summed E-state index contributed by atoms with van der Waals surface area (Å²) in [6, 6.07) is 12.5. The molecule has 2 aromatic rings. The number of ether oxygens (including phenoxy) is 4. The highest BCUT2D eigenvalue weighted by atomic mass is 16.8. The van der Waals surface area contributed by atoms with Gasteiger partial charge in [0.15, 0.2) is 11.8 Å². The van der Waals surface area contributed by atoms with Gasteiger partial charge in [0.1, 0.15) is 35.4 Å². The van der Waals surface area contributed by atoms with Gasteiger partial charge < -0.3 is 39.6 Å². The smallest absolute Gasteiger partial charge is 0.327 e. The number of hydrogen-bond acceptors (Lipinski definition) is 12. The lowest BCUT2D eigenvalue weighted by atomic mass is 9.62. The number of esters is 2. The van der Waals surface area contributed by atoms with Gasteiger partial charge in [-0.3, -0.25) is 28.8 Å². The Labute approximate surface area is 377 Å². The van der Waals surface area contributed by atoms with E-state index in [1.807, 2.05) is 24.3 Å². The average Bonchev–Trinajstić information content (AvgIpc) is 3.81. The van der Waals surface area contributed by atoms with Crippen molar-refractivity contribution in [2.24, 2.45) is 5.41 Å². The third-order valence-electron chi connectivity index (χ3n) is 12.5. The van der Waals surface area contributed by atoms with E-state index in [2.05, 4.69) is 24.5 Å². The van der Waals surface area contributed by atoms with Gasteiger partial charge in [-0.2, -0.15) is 5.06 Å². The van der Waals surface area contributed by atoms with Gasteiger partial charge in [-0.15, -0.1) is 0 Å². The fourth-order valence-corrected chi connectivity index (χ4v) is 9.32. The molecule has 0 radical (unpaired) electrons. The molecule has 7 atom stereocenters. The molecule has 3 N–H and O–H groups in total. The molecule has 4 aliphatic rings. The van der Waals surface area contributed by atoms with Crippen molar-refractivity contribution in [3.63, 3.8) is 0 Å². The number of rotatable bonds is 21. The van der Waals surface area contributed by atoms with Gasteiger partial charge in [0.05, 0.1) is 19.2 Å². The summed E-state index contributed by atoms with van der Waals surface area (Å²) in [6.07, 6.45) is 7.81. The van der Waals surface area contributed by atoms with Gasteiger partial charge in [-0.05, 0) is 74.9 Å². The molecule has 3 amide bonds. The molecule has 2 unspecified atom stereocenters. The first kappa shape index (κ1) is 48.8. The van der Waals surface area contributed by atoms with Crippen molar-refractivity contribution in [1.82, 2.24) is 20.6 Å². The number of hydroxylamine groups is 2. The van der Waals surface area contributed by atoms with Gasteiger partial charge >= 0.3 is 11.9 Å². The number of nitrogens with one attached hydrogen (secondary N) is 2. The van der Waals surface area contributed by atoms with Crippen LogP contribution in [0.1, 0.15) is 132 Å². The van der Waals surface area contributed by atoms with Gasteiger partial charge in [0, 0.05) is 58.0 Å². The quantitative estimate of drug-likeness (QED) is 0.0785. The number of carbonyl (C=O) groups excluding carboxylic acids is 5. The first-order valence-electron chi connectivity index (χ1n) is 23.0. The number of aliphatic hydroxyl groups excluding tert-OH is 1. The summed E-state index contributed by atoms with van der Waals surface area (Å²) in [4.78, 5) is 75.7. The SMILES string of the molecule is CCCCCC1(CCCCC)O[C@@H]2[C@H]3ON(Cc4cccc(C=CC(=O)N(C)C)c4)[C@H]4C(=O)OC(CC34C(=O)NCc3cccc(C(=O)N[C@H](CO)CCC(=O)OC(C)(C)C)c3)[C@@H]2O1. The number of amides is 3. The molecular formula is C49H68N4O11. The Morgan fingerprint density at radius 2 is 1.66 bits per heavy atom. The number of unbranched alkanes of at least 4 members (excludes halogenated alkanes) is 4. The Hall–Kier alpha value is -4.67. The van der Waals surface area contributed by atoms with Gasteiger partial charge in [-0.1, -0.05) is 75.9 Å². The maximum Gasteiger partial charge on any atom is 0.327 e. The molecule has 64 heavy (non-hydrogen) atoms. The van der Waals surface area contributed by atoms with Crippen LogP contribution in [-0.4, -0.2) is 113 Å². The Bertz CT molecular complexity index is 2010. The van der Waals surface area contributed by atoms with Crippen molar-refractivity contribution >= 4 is 35.7 Å². The molecule has 4 fully saturated rings. The van der Waals surface area contributed by atoms with Crippen molar-refractivity contribution in [2.45, 2.75) is 166 Å². The fourth-order valence-electron chi connectivity index (χ4n) is 9.32. The van der Waals surface area contributed by atoms with E-state index in [1.165, 1.54) is 11.0 Å². The summed E-state index contributed by atoms with van der Waals surface area (Å²) in [5, 5.41) is 17.4. The van der Waals surface area contributed by atoms with Crippen LogP contribution < -0.4 is 10.6 Å². The number of likely N-dealkylation sites (N-methyl/N-ethyl adjacent to an activating group) is 1.